The first-order valence-corrected chi connectivity index (χ1v) is 10.1. The molecule has 2 atom stereocenters. The molecule has 4 heterocycles. The SMILES string of the molecule is CC#CCN1CC2[C@H](C1=O)c1ccc(F)cc1C(=O)N2Cc1cc2nc(N)c(F)cc2[nH]1. The van der Waals surface area contributed by atoms with Crippen molar-refractivity contribution in [2.24, 2.45) is 0 Å². The van der Waals surface area contributed by atoms with Gasteiger partial charge in [-0.3, -0.25) is 9.59 Å². The molecule has 1 aromatic carbocycles. The number of carbonyl (C=O) groups excluding carboxylic acids is 2. The van der Waals surface area contributed by atoms with E-state index in [9.17, 15) is 18.4 Å². The lowest BCUT2D eigenvalue weighted by atomic mass is 9.84. The van der Waals surface area contributed by atoms with Gasteiger partial charge in [0.25, 0.3) is 5.91 Å². The van der Waals surface area contributed by atoms with E-state index in [1.54, 1.807) is 22.8 Å². The summed E-state index contributed by atoms with van der Waals surface area (Å²) in [6.07, 6.45) is 0. The summed E-state index contributed by atoms with van der Waals surface area (Å²) in [5.41, 5.74) is 7.77. The van der Waals surface area contributed by atoms with Gasteiger partial charge in [-0.25, -0.2) is 13.8 Å². The van der Waals surface area contributed by atoms with Gasteiger partial charge < -0.3 is 20.5 Å². The Hall–Kier alpha value is -3.93. The number of hydrogen-bond donors (Lipinski definition) is 2. The normalized spacial score (nSPS) is 19.7. The van der Waals surface area contributed by atoms with E-state index in [-0.39, 0.29) is 36.3 Å². The monoisotopic (exact) mass is 435 g/mol. The molecule has 1 unspecified atom stereocenters. The van der Waals surface area contributed by atoms with E-state index in [0.717, 1.165) is 0 Å². The van der Waals surface area contributed by atoms with Crippen LogP contribution < -0.4 is 5.73 Å². The Balaban J connectivity index is 1.56. The number of fused-ring (bicyclic) bond motifs is 4. The molecule has 2 aliphatic rings. The Labute approximate surface area is 182 Å². The summed E-state index contributed by atoms with van der Waals surface area (Å²) in [6.45, 7) is 2.39. The van der Waals surface area contributed by atoms with Gasteiger partial charge in [0.15, 0.2) is 11.6 Å². The van der Waals surface area contributed by atoms with E-state index in [4.69, 9.17) is 5.73 Å². The van der Waals surface area contributed by atoms with Crippen LogP contribution >= 0.6 is 0 Å². The average molecular weight is 435 g/mol. The molecule has 32 heavy (non-hydrogen) atoms. The lowest BCUT2D eigenvalue weighted by Gasteiger charge is -2.36. The third-order valence-corrected chi connectivity index (χ3v) is 6.04. The standard InChI is InChI=1S/C23H19F2N5O2/c1-2-3-6-29-11-19-20(23(29)32)14-5-4-12(24)7-15(14)22(31)30(19)10-13-8-17-18(27-13)9-16(25)21(26)28-17/h4-5,7-9,19-20,27H,6,10-11H2,1H3,(H2,26,28)/t19?,20-/m1/s1. The predicted octanol–water partition coefficient (Wildman–Crippen LogP) is 2.40. The highest BCUT2D eigenvalue weighted by molar-refractivity contribution is 6.02. The van der Waals surface area contributed by atoms with Gasteiger partial charge in [-0.1, -0.05) is 12.0 Å². The number of nitrogen functional groups attached to an aromatic ring is 1. The van der Waals surface area contributed by atoms with Crippen LogP contribution in [0.25, 0.3) is 11.0 Å². The highest BCUT2D eigenvalue weighted by Gasteiger charge is 2.50. The number of likely N-dealkylation sites (tertiary alicyclic amines) is 1. The molecule has 1 fully saturated rings. The summed E-state index contributed by atoms with van der Waals surface area (Å²) >= 11 is 0. The molecule has 0 spiro atoms. The summed E-state index contributed by atoms with van der Waals surface area (Å²) in [7, 11) is 0. The molecule has 162 valence electrons. The zero-order valence-corrected chi connectivity index (χ0v) is 17.2. The van der Waals surface area contributed by atoms with Crippen LogP contribution in [0.5, 0.6) is 0 Å². The number of anilines is 1. The molecule has 5 rings (SSSR count). The van der Waals surface area contributed by atoms with Crippen LogP contribution in [-0.4, -0.2) is 50.7 Å². The fourth-order valence-corrected chi connectivity index (χ4v) is 4.57. The van der Waals surface area contributed by atoms with Crippen molar-refractivity contribution in [3.8, 4) is 11.8 Å². The molecule has 9 heteroatoms. The number of carbonyl (C=O) groups is 2. The summed E-state index contributed by atoms with van der Waals surface area (Å²) < 4.78 is 27.8. The number of nitrogens with zero attached hydrogens (tertiary/aromatic N) is 3. The maximum absolute atomic E-state index is 14.0. The second-order valence-electron chi connectivity index (χ2n) is 7.94. The van der Waals surface area contributed by atoms with Crippen molar-refractivity contribution in [3.05, 3.63) is 58.8 Å². The first kappa shape index (κ1) is 20.0. The average Bonchev–Trinajstić information content (AvgIpc) is 3.30. The molecule has 2 aromatic heterocycles. The molecular formula is C23H19F2N5O2. The smallest absolute Gasteiger partial charge is 0.254 e. The highest BCUT2D eigenvalue weighted by atomic mass is 19.1. The summed E-state index contributed by atoms with van der Waals surface area (Å²) in [5, 5.41) is 0. The maximum Gasteiger partial charge on any atom is 0.254 e. The third-order valence-electron chi connectivity index (χ3n) is 6.04. The number of aromatic nitrogens is 2. The van der Waals surface area contributed by atoms with Gasteiger partial charge in [-0.15, -0.1) is 5.92 Å². The topological polar surface area (TPSA) is 95.3 Å². The van der Waals surface area contributed by atoms with Gasteiger partial charge in [0, 0.05) is 23.9 Å². The Bertz CT molecular complexity index is 1300. The molecule has 3 N–H and O–H groups in total. The molecular weight excluding hydrogens is 416 g/mol. The largest absolute Gasteiger partial charge is 0.381 e. The molecule has 0 radical (unpaired) electrons. The van der Waals surface area contributed by atoms with Crippen LogP contribution in [0.15, 0.2) is 30.3 Å². The number of hydrogen-bond acceptors (Lipinski definition) is 4. The van der Waals surface area contributed by atoms with Crippen LogP contribution in [0.1, 0.15) is 34.5 Å². The van der Waals surface area contributed by atoms with Crippen LogP contribution in [-0.2, 0) is 11.3 Å². The van der Waals surface area contributed by atoms with Crippen molar-refractivity contribution >= 4 is 28.7 Å². The number of benzene rings is 1. The second kappa shape index (κ2) is 7.34. The van der Waals surface area contributed by atoms with Crippen LogP contribution in [0, 0.1) is 23.5 Å². The first-order valence-electron chi connectivity index (χ1n) is 10.1. The van der Waals surface area contributed by atoms with Crippen molar-refractivity contribution in [1.82, 2.24) is 19.8 Å². The minimum atomic E-state index is -0.640. The van der Waals surface area contributed by atoms with Crippen LogP contribution in [0.2, 0.25) is 0 Å². The van der Waals surface area contributed by atoms with Crippen molar-refractivity contribution in [2.75, 3.05) is 18.8 Å². The van der Waals surface area contributed by atoms with Crippen molar-refractivity contribution in [3.63, 3.8) is 0 Å². The van der Waals surface area contributed by atoms with Gasteiger partial charge in [-0.2, -0.15) is 0 Å². The van der Waals surface area contributed by atoms with E-state index in [1.165, 1.54) is 24.3 Å². The number of halogens is 2. The Morgan fingerprint density at radius 3 is 2.84 bits per heavy atom. The number of H-pyrrole nitrogens is 1. The van der Waals surface area contributed by atoms with Crippen molar-refractivity contribution in [2.45, 2.75) is 25.4 Å². The number of aromatic amines is 1. The quantitative estimate of drug-likeness (QED) is 0.618. The number of amides is 2. The molecule has 3 aromatic rings. The zero-order chi connectivity index (χ0) is 22.6. The molecule has 7 nitrogen and oxygen atoms in total. The fourth-order valence-electron chi connectivity index (χ4n) is 4.57. The Kier molecular flexibility index (Phi) is 4.59. The number of nitrogens with two attached hydrogens (primary N) is 1. The van der Waals surface area contributed by atoms with Crippen molar-refractivity contribution < 1.29 is 18.4 Å². The van der Waals surface area contributed by atoms with Crippen LogP contribution in [0.3, 0.4) is 0 Å². The van der Waals surface area contributed by atoms with Gasteiger partial charge in [0.05, 0.1) is 36.1 Å². The van der Waals surface area contributed by atoms with Crippen molar-refractivity contribution in [1.29, 1.82) is 0 Å². The molecule has 2 amide bonds. The summed E-state index contributed by atoms with van der Waals surface area (Å²) in [5.74, 6) is 3.17. The second-order valence-corrected chi connectivity index (χ2v) is 7.94. The molecule has 0 bridgehead atoms. The van der Waals surface area contributed by atoms with E-state index < -0.39 is 23.6 Å². The fraction of sp³-hybridized carbons (Fsp3) is 0.261. The number of nitrogens with one attached hydrogen (secondary N) is 1. The van der Waals surface area contributed by atoms with Crippen LogP contribution in [0.4, 0.5) is 14.6 Å². The number of pyridine rings is 1. The predicted molar refractivity (Wildman–Crippen MR) is 113 cm³/mol. The van der Waals surface area contributed by atoms with Gasteiger partial charge >= 0.3 is 0 Å². The zero-order valence-electron chi connectivity index (χ0n) is 17.2. The van der Waals surface area contributed by atoms with E-state index in [2.05, 4.69) is 21.8 Å². The first-order chi connectivity index (χ1) is 15.4. The Morgan fingerprint density at radius 1 is 1.25 bits per heavy atom. The molecule has 0 aliphatic carbocycles. The number of rotatable bonds is 3. The molecule has 2 aliphatic heterocycles. The molecule has 0 saturated carbocycles. The molecule has 1 saturated heterocycles. The summed E-state index contributed by atoms with van der Waals surface area (Å²) in [4.78, 5) is 36.8. The maximum atomic E-state index is 14.0. The third kappa shape index (κ3) is 3.07. The minimum Gasteiger partial charge on any atom is -0.381 e. The van der Waals surface area contributed by atoms with E-state index in [1.807, 2.05) is 0 Å². The Morgan fingerprint density at radius 2 is 2.06 bits per heavy atom. The van der Waals surface area contributed by atoms with Gasteiger partial charge in [0.2, 0.25) is 5.91 Å². The van der Waals surface area contributed by atoms with Gasteiger partial charge in [0.1, 0.15) is 5.82 Å². The van der Waals surface area contributed by atoms with Gasteiger partial charge in [-0.05, 0) is 30.7 Å². The highest BCUT2D eigenvalue weighted by Crippen LogP contribution is 2.40. The van der Waals surface area contributed by atoms with E-state index >= 15 is 0 Å². The van der Waals surface area contributed by atoms with E-state index in [0.29, 0.717) is 28.8 Å². The summed E-state index contributed by atoms with van der Waals surface area (Å²) in [6, 6.07) is 6.45. The lowest BCUT2D eigenvalue weighted by molar-refractivity contribution is -0.128. The minimum absolute atomic E-state index is 0.119. The lowest BCUT2D eigenvalue weighted by Crippen LogP contribution is -2.48.